The molecule has 0 N–H and O–H groups in total. The number of non-ortho nitro benzene ring substituents is 1. The summed E-state index contributed by atoms with van der Waals surface area (Å²) in [4.78, 5) is 23.3. The maximum atomic E-state index is 11.4. The summed E-state index contributed by atoms with van der Waals surface area (Å²) in [5.74, 6) is 0.373. The van der Waals surface area contributed by atoms with E-state index in [0.717, 1.165) is 31.5 Å². The van der Waals surface area contributed by atoms with E-state index in [0.29, 0.717) is 11.3 Å². The molecule has 0 unspecified atom stereocenters. The standard InChI is InChI=1S/C19H19N3O5/c23-21(24)17-6-3-15(4-7-17)14-27-18-8-5-16(19(13-18)22(25)26)9-12-20-10-1-2-11-20/h3-9,12-13H,1-2,10-11,14H2. The van der Waals surface area contributed by atoms with Crippen molar-refractivity contribution in [1.82, 2.24) is 4.90 Å². The Kier molecular flexibility index (Phi) is 5.65. The molecular weight excluding hydrogens is 350 g/mol. The Bertz CT molecular complexity index is 858. The zero-order valence-corrected chi connectivity index (χ0v) is 14.6. The average molecular weight is 369 g/mol. The van der Waals surface area contributed by atoms with E-state index < -0.39 is 9.85 Å². The van der Waals surface area contributed by atoms with Gasteiger partial charge in [-0.3, -0.25) is 20.2 Å². The Balaban J connectivity index is 1.69. The van der Waals surface area contributed by atoms with Gasteiger partial charge in [0.1, 0.15) is 12.4 Å². The number of hydrogen-bond acceptors (Lipinski definition) is 6. The quantitative estimate of drug-likeness (QED) is 0.537. The molecule has 2 aromatic rings. The lowest BCUT2D eigenvalue weighted by molar-refractivity contribution is -0.385. The third-order valence-corrected chi connectivity index (χ3v) is 4.36. The van der Waals surface area contributed by atoms with Crippen LogP contribution in [0, 0.1) is 20.2 Å². The Morgan fingerprint density at radius 2 is 1.70 bits per heavy atom. The maximum absolute atomic E-state index is 11.4. The summed E-state index contributed by atoms with van der Waals surface area (Å²) in [5.41, 5.74) is 1.24. The number of ether oxygens (including phenoxy) is 1. The van der Waals surface area contributed by atoms with Crippen molar-refractivity contribution < 1.29 is 14.6 Å². The van der Waals surface area contributed by atoms with Crippen LogP contribution in [0.5, 0.6) is 5.75 Å². The molecule has 1 aliphatic rings. The molecule has 0 aromatic heterocycles. The SMILES string of the molecule is O=[N+]([O-])c1ccc(COc2ccc(C=CN3CCCC3)c([N+](=O)[O-])c2)cc1. The van der Waals surface area contributed by atoms with Crippen LogP contribution in [0.3, 0.4) is 0 Å². The predicted octanol–water partition coefficient (Wildman–Crippen LogP) is 4.15. The van der Waals surface area contributed by atoms with Gasteiger partial charge in [0.05, 0.1) is 21.5 Å². The smallest absolute Gasteiger partial charge is 0.280 e. The second-order valence-electron chi connectivity index (χ2n) is 6.25. The molecule has 1 fully saturated rings. The first-order chi connectivity index (χ1) is 13.0. The number of hydrogen-bond donors (Lipinski definition) is 0. The first-order valence-corrected chi connectivity index (χ1v) is 8.60. The van der Waals surface area contributed by atoms with Crippen molar-refractivity contribution in [3.63, 3.8) is 0 Å². The Labute approximate surface area is 156 Å². The summed E-state index contributed by atoms with van der Waals surface area (Å²) < 4.78 is 5.61. The highest BCUT2D eigenvalue weighted by Crippen LogP contribution is 2.27. The lowest BCUT2D eigenvalue weighted by Crippen LogP contribution is -2.10. The molecule has 0 saturated carbocycles. The van der Waals surface area contributed by atoms with E-state index in [2.05, 4.69) is 4.90 Å². The Morgan fingerprint density at radius 1 is 1.00 bits per heavy atom. The number of rotatable bonds is 7. The van der Waals surface area contributed by atoms with Gasteiger partial charge in [0.25, 0.3) is 11.4 Å². The monoisotopic (exact) mass is 369 g/mol. The summed E-state index contributed by atoms with van der Waals surface area (Å²) in [6.45, 7) is 2.11. The highest BCUT2D eigenvalue weighted by atomic mass is 16.6. The summed E-state index contributed by atoms with van der Waals surface area (Å²) in [7, 11) is 0. The van der Waals surface area contributed by atoms with Crippen molar-refractivity contribution in [3.05, 3.63) is 80.0 Å². The molecule has 3 rings (SSSR count). The first-order valence-electron chi connectivity index (χ1n) is 8.60. The summed E-state index contributed by atoms with van der Waals surface area (Å²) in [6.07, 6.45) is 5.93. The van der Waals surface area contributed by atoms with Crippen LogP contribution in [0.1, 0.15) is 24.0 Å². The molecule has 0 amide bonds. The maximum Gasteiger partial charge on any atom is 0.280 e. The van der Waals surface area contributed by atoms with Crippen molar-refractivity contribution in [2.45, 2.75) is 19.4 Å². The van der Waals surface area contributed by atoms with Crippen LogP contribution in [0.4, 0.5) is 11.4 Å². The second-order valence-corrected chi connectivity index (χ2v) is 6.25. The fourth-order valence-electron chi connectivity index (χ4n) is 2.87. The minimum absolute atomic E-state index is 0.00327. The predicted molar refractivity (Wildman–Crippen MR) is 100 cm³/mol. The lowest BCUT2D eigenvalue weighted by atomic mass is 10.1. The number of nitrogens with zero attached hydrogens (tertiary/aromatic N) is 3. The minimum Gasteiger partial charge on any atom is -0.489 e. The lowest BCUT2D eigenvalue weighted by Gasteiger charge is -2.10. The largest absolute Gasteiger partial charge is 0.489 e. The summed E-state index contributed by atoms with van der Waals surface area (Å²) in [5, 5.41) is 22.0. The van der Waals surface area contributed by atoms with Gasteiger partial charge in [-0.15, -0.1) is 0 Å². The van der Waals surface area contributed by atoms with E-state index in [1.54, 1.807) is 30.3 Å². The third kappa shape index (κ3) is 4.81. The van der Waals surface area contributed by atoms with Gasteiger partial charge < -0.3 is 9.64 Å². The minimum atomic E-state index is -0.470. The van der Waals surface area contributed by atoms with E-state index in [1.165, 1.54) is 18.2 Å². The number of nitro benzene ring substituents is 2. The Morgan fingerprint density at radius 3 is 2.33 bits per heavy atom. The third-order valence-electron chi connectivity index (χ3n) is 4.36. The van der Waals surface area contributed by atoms with Gasteiger partial charge in [-0.1, -0.05) is 0 Å². The van der Waals surface area contributed by atoms with E-state index in [4.69, 9.17) is 4.74 Å². The molecule has 0 aliphatic carbocycles. The molecule has 1 aliphatic heterocycles. The molecular formula is C19H19N3O5. The van der Waals surface area contributed by atoms with Crippen molar-refractivity contribution >= 4 is 17.5 Å². The molecule has 0 bridgehead atoms. The highest BCUT2D eigenvalue weighted by Gasteiger charge is 2.14. The van der Waals surface area contributed by atoms with Crippen molar-refractivity contribution in [1.29, 1.82) is 0 Å². The first kappa shape index (κ1) is 18.4. The molecule has 8 heteroatoms. The zero-order valence-electron chi connectivity index (χ0n) is 14.6. The van der Waals surface area contributed by atoms with E-state index in [1.807, 2.05) is 6.20 Å². The number of benzene rings is 2. The van der Waals surface area contributed by atoms with Gasteiger partial charge in [-0.05, 0) is 54.9 Å². The normalized spacial score (nSPS) is 13.9. The molecule has 140 valence electrons. The van der Waals surface area contributed by atoms with Crippen LogP contribution in [0.2, 0.25) is 0 Å². The van der Waals surface area contributed by atoms with Gasteiger partial charge in [-0.25, -0.2) is 0 Å². The van der Waals surface area contributed by atoms with E-state index >= 15 is 0 Å². The van der Waals surface area contributed by atoms with Crippen molar-refractivity contribution in [2.75, 3.05) is 13.1 Å². The van der Waals surface area contributed by atoms with E-state index in [-0.39, 0.29) is 18.0 Å². The van der Waals surface area contributed by atoms with Crippen LogP contribution in [0.25, 0.3) is 6.08 Å². The molecule has 0 radical (unpaired) electrons. The van der Waals surface area contributed by atoms with Gasteiger partial charge in [0.15, 0.2) is 0 Å². The average Bonchev–Trinajstić information content (AvgIpc) is 3.19. The fourth-order valence-corrected chi connectivity index (χ4v) is 2.87. The molecule has 0 atom stereocenters. The summed E-state index contributed by atoms with van der Waals surface area (Å²) in [6, 6.07) is 10.7. The molecule has 2 aromatic carbocycles. The van der Waals surface area contributed by atoms with Crippen LogP contribution in [-0.2, 0) is 6.61 Å². The molecule has 8 nitrogen and oxygen atoms in total. The fraction of sp³-hybridized carbons (Fsp3) is 0.263. The topological polar surface area (TPSA) is 98.8 Å². The van der Waals surface area contributed by atoms with Crippen molar-refractivity contribution in [2.24, 2.45) is 0 Å². The van der Waals surface area contributed by atoms with Gasteiger partial charge in [-0.2, -0.15) is 0 Å². The van der Waals surface area contributed by atoms with Crippen LogP contribution >= 0.6 is 0 Å². The highest BCUT2D eigenvalue weighted by molar-refractivity contribution is 5.62. The zero-order chi connectivity index (χ0) is 19.2. The van der Waals surface area contributed by atoms with Crippen LogP contribution < -0.4 is 4.74 Å². The molecule has 27 heavy (non-hydrogen) atoms. The van der Waals surface area contributed by atoms with Crippen LogP contribution in [0.15, 0.2) is 48.7 Å². The van der Waals surface area contributed by atoms with Gasteiger partial charge >= 0.3 is 0 Å². The number of likely N-dealkylation sites (tertiary alicyclic amines) is 1. The van der Waals surface area contributed by atoms with Crippen molar-refractivity contribution in [3.8, 4) is 5.75 Å². The second kappa shape index (κ2) is 8.31. The molecule has 0 spiro atoms. The molecule has 1 saturated heterocycles. The van der Waals surface area contributed by atoms with E-state index in [9.17, 15) is 20.2 Å². The number of nitro groups is 2. The Hall–Kier alpha value is -3.42. The van der Waals surface area contributed by atoms with Crippen LogP contribution in [-0.4, -0.2) is 27.8 Å². The summed E-state index contributed by atoms with van der Waals surface area (Å²) >= 11 is 0. The van der Waals surface area contributed by atoms with Gasteiger partial charge in [0, 0.05) is 25.2 Å². The molecule has 1 heterocycles. The van der Waals surface area contributed by atoms with Gasteiger partial charge in [0.2, 0.25) is 0 Å².